The van der Waals surface area contributed by atoms with Crippen molar-refractivity contribution in [3.8, 4) is 0 Å². The number of rotatable bonds is 8. The molecular weight excluding hydrogens is 234 g/mol. The molecular formula is C16H27N3. The van der Waals surface area contributed by atoms with E-state index < -0.39 is 0 Å². The highest BCUT2D eigenvalue weighted by atomic mass is 15.0. The van der Waals surface area contributed by atoms with Crippen LogP contribution in [0.3, 0.4) is 0 Å². The molecule has 1 aromatic heterocycles. The first-order valence-corrected chi connectivity index (χ1v) is 7.84. The van der Waals surface area contributed by atoms with Crippen LogP contribution in [0.2, 0.25) is 0 Å². The first kappa shape index (κ1) is 14.3. The van der Waals surface area contributed by atoms with Crippen LogP contribution in [-0.4, -0.2) is 16.5 Å². The van der Waals surface area contributed by atoms with Crippen molar-refractivity contribution < 1.29 is 0 Å². The average Bonchev–Trinajstić information content (AvgIpc) is 2.86. The van der Waals surface area contributed by atoms with Gasteiger partial charge in [0.25, 0.3) is 0 Å². The zero-order valence-electron chi connectivity index (χ0n) is 12.4. The van der Waals surface area contributed by atoms with Gasteiger partial charge >= 0.3 is 0 Å². The number of hydrogen-bond acceptors (Lipinski definition) is 3. The van der Waals surface area contributed by atoms with Gasteiger partial charge in [-0.3, -0.25) is 0 Å². The molecule has 0 aliphatic heterocycles. The summed E-state index contributed by atoms with van der Waals surface area (Å²) in [6.07, 6.45) is 11.9. The third-order valence-corrected chi connectivity index (χ3v) is 3.88. The maximum Gasteiger partial charge on any atom is 0.132 e. The van der Waals surface area contributed by atoms with E-state index in [2.05, 4.69) is 29.1 Å². The SMILES string of the molecule is CC(C)CCCCCCNc1ncnc2c1CCC2. The van der Waals surface area contributed by atoms with E-state index in [1.54, 1.807) is 6.33 Å². The van der Waals surface area contributed by atoms with Crippen LogP contribution in [0, 0.1) is 5.92 Å². The molecule has 0 saturated carbocycles. The van der Waals surface area contributed by atoms with Crippen molar-refractivity contribution in [3.63, 3.8) is 0 Å². The molecule has 106 valence electrons. The van der Waals surface area contributed by atoms with Gasteiger partial charge in [-0.25, -0.2) is 9.97 Å². The van der Waals surface area contributed by atoms with E-state index in [0.29, 0.717) is 0 Å². The lowest BCUT2D eigenvalue weighted by molar-refractivity contribution is 0.523. The average molecular weight is 261 g/mol. The minimum absolute atomic E-state index is 0.849. The molecule has 0 saturated heterocycles. The predicted octanol–water partition coefficient (Wildman–Crippen LogP) is 3.98. The second kappa shape index (κ2) is 7.46. The molecule has 1 heterocycles. The molecule has 0 amide bonds. The number of hydrogen-bond donors (Lipinski definition) is 1. The molecule has 0 spiro atoms. The summed E-state index contributed by atoms with van der Waals surface area (Å²) in [5, 5.41) is 3.49. The van der Waals surface area contributed by atoms with E-state index in [1.165, 1.54) is 49.8 Å². The number of nitrogens with one attached hydrogen (secondary N) is 1. The van der Waals surface area contributed by atoms with Gasteiger partial charge in [0, 0.05) is 17.8 Å². The van der Waals surface area contributed by atoms with Gasteiger partial charge in [-0.2, -0.15) is 0 Å². The Bertz CT molecular complexity index is 388. The van der Waals surface area contributed by atoms with Crippen LogP contribution >= 0.6 is 0 Å². The lowest BCUT2D eigenvalue weighted by Crippen LogP contribution is -2.07. The summed E-state index contributed by atoms with van der Waals surface area (Å²) in [4.78, 5) is 8.74. The Balaban J connectivity index is 1.63. The minimum Gasteiger partial charge on any atom is -0.370 e. The Labute approximate surface area is 117 Å². The molecule has 3 heteroatoms. The highest BCUT2D eigenvalue weighted by Crippen LogP contribution is 2.24. The fraction of sp³-hybridized carbons (Fsp3) is 0.750. The maximum absolute atomic E-state index is 4.39. The monoisotopic (exact) mass is 261 g/mol. The summed E-state index contributed by atoms with van der Waals surface area (Å²) in [6.45, 7) is 5.65. The van der Waals surface area contributed by atoms with Gasteiger partial charge in [-0.05, 0) is 31.6 Å². The van der Waals surface area contributed by atoms with Crippen LogP contribution in [0.4, 0.5) is 5.82 Å². The van der Waals surface area contributed by atoms with E-state index in [9.17, 15) is 0 Å². The maximum atomic E-state index is 4.39. The molecule has 1 aliphatic rings. The molecule has 0 radical (unpaired) electrons. The standard InChI is InChI=1S/C16H27N3/c1-13(2)8-5-3-4-6-11-17-16-14-9-7-10-15(14)18-12-19-16/h12-13H,3-11H2,1-2H3,(H,17,18,19). The molecule has 19 heavy (non-hydrogen) atoms. The van der Waals surface area contributed by atoms with Crippen molar-refractivity contribution in [3.05, 3.63) is 17.6 Å². The Kier molecular flexibility index (Phi) is 5.62. The van der Waals surface area contributed by atoms with E-state index in [4.69, 9.17) is 0 Å². The molecule has 3 nitrogen and oxygen atoms in total. The van der Waals surface area contributed by atoms with Gasteiger partial charge in [0.2, 0.25) is 0 Å². The number of anilines is 1. The van der Waals surface area contributed by atoms with E-state index in [0.717, 1.165) is 31.1 Å². The zero-order chi connectivity index (χ0) is 13.5. The van der Waals surface area contributed by atoms with Gasteiger partial charge in [0.1, 0.15) is 12.1 Å². The van der Waals surface area contributed by atoms with Gasteiger partial charge < -0.3 is 5.32 Å². The van der Waals surface area contributed by atoms with E-state index in [-0.39, 0.29) is 0 Å². The van der Waals surface area contributed by atoms with Crippen molar-refractivity contribution in [2.75, 3.05) is 11.9 Å². The van der Waals surface area contributed by atoms with Crippen LogP contribution in [0.15, 0.2) is 6.33 Å². The van der Waals surface area contributed by atoms with Crippen LogP contribution in [0.25, 0.3) is 0 Å². The fourth-order valence-electron chi connectivity index (χ4n) is 2.75. The quantitative estimate of drug-likeness (QED) is 0.719. The smallest absolute Gasteiger partial charge is 0.132 e. The van der Waals surface area contributed by atoms with Crippen LogP contribution in [0.5, 0.6) is 0 Å². The van der Waals surface area contributed by atoms with Crippen molar-refractivity contribution >= 4 is 5.82 Å². The van der Waals surface area contributed by atoms with Crippen molar-refractivity contribution in [1.29, 1.82) is 0 Å². The molecule has 0 atom stereocenters. The normalized spacial score (nSPS) is 13.8. The van der Waals surface area contributed by atoms with Gasteiger partial charge in [0.05, 0.1) is 0 Å². The number of aromatic nitrogens is 2. The second-order valence-electron chi connectivity index (χ2n) is 6.02. The molecule has 1 aromatic rings. The molecule has 0 fully saturated rings. The lowest BCUT2D eigenvalue weighted by Gasteiger charge is -2.09. The third kappa shape index (κ3) is 4.48. The van der Waals surface area contributed by atoms with Crippen molar-refractivity contribution in [1.82, 2.24) is 9.97 Å². The Morgan fingerprint density at radius 3 is 2.79 bits per heavy atom. The topological polar surface area (TPSA) is 37.8 Å². The molecule has 1 N–H and O–H groups in total. The number of unbranched alkanes of at least 4 members (excludes halogenated alkanes) is 3. The summed E-state index contributed by atoms with van der Waals surface area (Å²) in [6, 6.07) is 0. The molecule has 1 aliphatic carbocycles. The Hall–Kier alpha value is -1.12. The zero-order valence-corrected chi connectivity index (χ0v) is 12.4. The van der Waals surface area contributed by atoms with E-state index in [1.807, 2.05) is 0 Å². The van der Waals surface area contributed by atoms with Gasteiger partial charge in [-0.15, -0.1) is 0 Å². The second-order valence-corrected chi connectivity index (χ2v) is 6.02. The Morgan fingerprint density at radius 2 is 1.95 bits per heavy atom. The number of fused-ring (bicyclic) bond motifs is 1. The number of aryl methyl sites for hydroxylation is 1. The van der Waals surface area contributed by atoms with Crippen LogP contribution in [0.1, 0.15) is 63.6 Å². The van der Waals surface area contributed by atoms with E-state index >= 15 is 0 Å². The summed E-state index contributed by atoms with van der Waals surface area (Å²) in [7, 11) is 0. The summed E-state index contributed by atoms with van der Waals surface area (Å²) >= 11 is 0. The lowest BCUT2D eigenvalue weighted by atomic mass is 10.0. The third-order valence-electron chi connectivity index (χ3n) is 3.88. The highest BCUT2D eigenvalue weighted by molar-refractivity contribution is 5.47. The highest BCUT2D eigenvalue weighted by Gasteiger charge is 2.16. The largest absolute Gasteiger partial charge is 0.370 e. The number of nitrogens with zero attached hydrogens (tertiary/aromatic N) is 2. The summed E-state index contributed by atoms with van der Waals surface area (Å²) in [5.74, 6) is 1.94. The predicted molar refractivity (Wildman–Crippen MR) is 80.5 cm³/mol. The van der Waals surface area contributed by atoms with Crippen molar-refractivity contribution in [2.45, 2.75) is 65.2 Å². The fourth-order valence-corrected chi connectivity index (χ4v) is 2.75. The van der Waals surface area contributed by atoms with Crippen LogP contribution < -0.4 is 5.32 Å². The van der Waals surface area contributed by atoms with Gasteiger partial charge in [-0.1, -0.05) is 39.5 Å². The summed E-state index contributed by atoms with van der Waals surface area (Å²) < 4.78 is 0. The first-order chi connectivity index (χ1) is 9.27. The summed E-state index contributed by atoms with van der Waals surface area (Å²) in [5.41, 5.74) is 2.62. The van der Waals surface area contributed by atoms with Crippen LogP contribution in [-0.2, 0) is 12.8 Å². The molecule has 0 unspecified atom stereocenters. The Morgan fingerprint density at radius 1 is 1.11 bits per heavy atom. The first-order valence-electron chi connectivity index (χ1n) is 7.84. The van der Waals surface area contributed by atoms with Gasteiger partial charge in [0.15, 0.2) is 0 Å². The molecule has 0 bridgehead atoms. The molecule has 0 aromatic carbocycles. The molecule has 2 rings (SSSR count). The minimum atomic E-state index is 0.849. The van der Waals surface area contributed by atoms with Crippen molar-refractivity contribution in [2.24, 2.45) is 5.92 Å².